The summed E-state index contributed by atoms with van der Waals surface area (Å²) in [6.07, 6.45) is 0. The molecule has 1 rings (SSSR count). The molecule has 0 aromatic heterocycles. The number of hydrogen-bond acceptors (Lipinski definition) is 2. The van der Waals surface area contributed by atoms with Crippen molar-refractivity contribution in [2.24, 2.45) is 9.98 Å². The maximum atomic E-state index is 10.8. The first-order valence-electron chi connectivity index (χ1n) is 2.58. The van der Waals surface area contributed by atoms with Gasteiger partial charge in [-0.25, -0.2) is 4.99 Å². The number of halogens is 2. The van der Waals surface area contributed by atoms with Gasteiger partial charge in [-0.3, -0.25) is 4.79 Å². The van der Waals surface area contributed by atoms with Crippen LogP contribution in [-0.4, -0.2) is 21.7 Å². The highest BCUT2D eigenvalue weighted by molar-refractivity contribution is 9.10. The lowest BCUT2D eigenvalue weighted by molar-refractivity contribution is -0.116. The van der Waals surface area contributed by atoms with Crippen LogP contribution in [0.2, 0.25) is 0 Å². The number of amides is 1. The number of hydrogen-bond donors (Lipinski definition) is 0. The highest BCUT2D eigenvalue weighted by Gasteiger charge is 2.22. The summed E-state index contributed by atoms with van der Waals surface area (Å²) in [5.41, 5.74) is 0. The highest BCUT2D eigenvalue weighted by Crippen LogP contribution is 2.12. The molecule has 0 bridgehead atoms. The van der Waals surface area contributed by atoms with Crippen molar-refractivity contribution in [1.29, 1.82) is 0 Å². The molecule has 1 unspecified atom stereocenters. The van der Waals surface area contributed by atoms with Gasteiger partial charge in [0.25, 0.3) is 5.91 Å². The molecule has 0 saturated carbocycles. The molecule has 0 radical (unpaired) electrons. The van der Waals surface area contributed by atoms with Crippen LogP contribution in [0.15, 0.2) is 9.98 Å². The zero-order chi connectivity index (χ0) is 7.72. The molecule has 0 N–H and O–H groups in total. The Kier molecular flexibility index (Phi) is 2.21. The SMILES string of the molecule is CC1=NC(=O)C(Br)C(Cl)=N1. The van der Waals surface area contributed by atoms with E-state index in [-0.39, 0.29) is 11.1 Å². The predicted octanol–water partition coefficient (Wildman–Crippen LogP) is 1.35. The van der Waals surface area contributed by atoms with Crippen LogP contribution in [0.3, 0.4) is 0 Å². The number of alkyl halides is 1. The fourth-order valence-electron chi connectivity index (χ4n) is 0.554. The number of amidine groups is 1. The van der Waals surface area contributed by atoms with Crippen LogP contribution in [0.4, 0.5) is 0 Å². The molecule has 0 spiro atoms. The maximum absolute atomic E-state index is 10.8. The number of carbonyl (C=O) groups is 1. The van der Waals surface area contributed by atoms with Crippen LogP contribution in [0.5, 0.6) is 0 Å². The Balaban J connectivity index is 2.95. The number of nitrogens with zero attached hydrogens (tertiary/aromatic N) is 2. The molecule has 3 nitrogen and oxygen atoms in total. The Labute approximate surface area is 71.3 Å². The van der Waals surface area contributed by atoms with Gasteiger partial charge in [0, 0.05) is 0 Å². The van der Waals surface area contributed by atoms with Crippen LogP contribution in [-0.2, 0) is 4.79 Å². The van der Waals surface area contributed by atoms with E-state index in [9.17, 15) is 4.79 Å². The summed E-state index contributed by atoms with van der Waals surface area (Å²) in [6, 6.07) is 0. The first-order valence-corrected chi connectivity index (χ1v) is 3.88. The van der Waals surface area contributed by atoms with E-state index in [2.05, 4.69) is 25.9 Å². The first kappa shape index (κ1) is 7.88. The molecular weight excluding hydrogens is 219 g/mol. The van der Waals surface area contributed by atoms with Gasteiger partial charge < -0.3 is 0 Å². The molecule has 0 fully saturated rings. The molecule has 10 heavy (non-hydrogen) atoms. The second-order valence-corrected chi connectivity index (χ2v) is 3.10. The van der Waals surface area contributed by atoms with E-state index in [1.165, 1.54) is 0 Å². The van der Waals surface area contributed by atoms with E-state index >= 15 is 0 Å². The molecule has 54 valence electrons. The summed E-state index contributed by atoms with van der Waals surface area (Å²) in [7, 11) is 0. The summed E-state index contributed by atoms with van der Waals surface area (Å²) >= 11 is 8.59. The van der Waals surface area contributed by atoms with E-state index in [4.69, 9.17) is 11.6 Å². The Morgan fingerprint density at radius 3 is 2.70 bits per heavy atom. The largest absolute Gasteiger partial charge is 0.271 e. The van der Waals surface area contributed by atoms with Crippen LogP contribution in [0.25, 0.3) is 0 Å². The summed E-state index contributed by atoms with van der Waals surface area (Å²) in [4.78, 5) is 17.6. The lowest BCUT2D eigenvalue weighted by Gasteiger charge is -2.07. The Bertz CT molecular complexity index is 236. The van der Waals surface area contributed by atoms with Crippen molar-refractivity contribution in [2.75, 3.05) is 0 Å². The smallest absolute Gasteiger partial charge is 0.268 e. The minimum atomic E-state index is -0.544. The molecule has 0 aromatic carbocycles. The third-order valence-electron chi connectivity index (χ3n) is 0.967. The van der Waals surface area contributed by atoms with Crippen molar-refractivity contribution in [3.63, 3.8) is 0 Å². The van der Waals surface area contributed by atoms with Gasteiger partial charge in [0.05, 0.1) is 0 Å². The van der Waals surface area contributed by atoms with Gasteiger partial charge in [0.15, 0.2) is 0 Å². The summed E-state index contributed by atoms with van der Waals surface area (Å²) < 4.78 is 0. The topological polar surface area (TPSA) is 41.8 Å². The molecule has 5 heteroatoms. The Morgan fingerprint density at radius 1 is 1.60 bits per heavy atom. The van der Waals surface area contributed by atoms with E-state index < -0.39 is 4.83 Å². The van der Waals surface area contributed by atoms with Crippen molar-refractivity contribution in [3.05, 3.63) is 0 Å². The average molecular weight is 223 g/mol. The molecule has 1 atom stereocenters. The van der Waals surface area contributed by atoms with Gasteiger partial charge in [-0.2, -0.15) is 4.99 Å². The van der Waals surface area contributed by atoms with Gasteiger partial charge in [0.1, 0.15) is 15.8 Å². The van der Waals surface area contributed by atoms with E-state index in [1.54, 1.807) is 6.92 Å². The third kappa shape index (κ3) is 1.44. The van der Waals surface area contributed by atoms with Crippen molar-refractivity contribution in [1.82, 2.24) is 0 Å². The van der Waals surface area contributed by atoms with Crippen LogP contribution >= 0.6 is 27.5 Å². The second kappa shape index (κ2) is 2.80. The molecule has 1 heterocycles. The lowest BCUT2D eigenvalue weighted by Crippen LogP contribution is -2.24. The molecule has 0 saturated heterocycles. The van der Waals surface area contributed by atoms with Crippen LogP contribution in [0.1, 0.15) is 6.92 Å². The normalized spacial score (nSPS) is 25.9. The highest BCUT2D eigenvalue weighted by atomic mass is 79.9. The summed E-state index contributed by atoms with van der Waals surface area (Å²) in [6.45, 7) is 1.62. The minimum absolute atomic E-state index is 0.248. The Morgan fingerprint density at radius 2 is 2.20 bits per heavy atom. The van der Waals surface area contributed by atoms with Crippen molar-refractivity contribution in [3.8, 4) is 0 Å². The summed E-state index contributed by atoms with van der Waals surface area (Å²) in [5.74, 6) is 0.114. The third-order valence-corrected chi connectivity index (χ3v) is 2.36. The first-order chi connectivity index (χ1) is 4.61. The molecule has 0 aliphatic carbocycles. The zero-order valence-electron chi connectivity index (χ0n) is 5.14. The quantitative estimate of drug-likeness (QED) is 0.572. The fraction of sp³-hybridized carbons (Fsp3) is 0.400. The summed E-state index contributed by atoms with van der Waals surface area (Å²) in [5, 5.41) is 0.248. The average Bonchev–Trinajstić information content (AvgIpc) is 1.82. The van der Waals surface area contributed by atoms with E-state index in [0.29, 0.717) is 5.84 Å². The van der Waals surface area contributed by atoms with Crippen LogP contribution in [0, 0.1) is 0 Å². The molecular formula is C5H4BrClN2O. The molecule has 1 aliphatic rings. The molecule has 1 amide bonds. The minimum Gasteiger partial charge on any atom is -0.271 e. The van der Waals surface area contributed by atoms with Crippen LogP contribution < -0.4 is 0 Å². The second-order valence-electron chi connectivity index (χ2n) is 1.79. The number of rotatable bonds is 0. The van der Waals surface area contributed by atoms with Gasteiger partial charge in [0.2, 0.25) is 0 Å². The van der Waals surface area contributed by atoms with Gasteiger partial charge in [-0.15, -0.1) is 0 Å². The van der Waals surface area contributed by atoms with E-state index in [0.717, 1.165) is 0 Å². The van der Waals surface area contributed by atoms with Crippen molar-refractivity contribution in [2.45, 2.75) is 11.8 Å². The Hall–Kier alpha value is -0.220. The molecule has 0 aromatic rings. The lowest BCUT2D eigenvalue weighted by atomic mass is 10.4. The predicted molar refractivity (Wildman–Crippen MR) is 44.1 cm³/mol. The van der Waals surface area contributed by atoms with Gasteiger partial charge in [-0.05, 0) is 6.92 Å². The maximum Gasteiger partial charge on any atom is 0.268 e. The monoisotopic (exact) mass is 222 g/mol. The van der Waals surface area contributed by atoms with Crippen molar-refractivity contribution < 1.29 is 4.79 Å². The van der Waals surface area contributed by atoms with Gasteiger partial charge >= 0.3 is 0 Å². The van der Waals surface area contributed by atoms with Crippen molar-refractivity contribution >= 4 is 44.4 Å². The standard InChI is InChI=1S/C5H4BrClN2O/c1-2-8-4(7)3(6)5(10)9-2/h3H,1H3. The van der Waals surface area contributed by atoms with Gasteiger partial charge in [-0.1, -0.05) is 27.5 Å². The molecule has 1 aliphatic heterocycles. The van der Waals surface area contributed by atoms with E-state index in [1.807, 2.05) is 0 Å². The number of aliphatic imine (C=N–C) groups is 2. The number of carbonyl (C=O) groups excluding carboxylic acids is 1. The zero-order valence-corrected chi connectivity index (χ0v) is 7.48. The fourth-order valence-corrected chi connectivity index (χ4v) is 0.975.